The molecule has 0 saturated carbocycles. The molecule has 0 radical (unpaired) electrons. The summed E-state index contributed by atoms with van der Waals surface area (Å²) in [5.74, 6) is 0. The second-order valence-corrected chi connectivity index (χ2v) is 3.08. The molecule has 1 aromatic carbocycles. The van der Waals surface area contributed by atoms with Crippen molar-refractivity contribution in [2.24, 2.45) is 0 Å². The van der Waals surface area contributed by atoms with Crippen molar-refractivity contribution in [1.82, 2.24) is 9.78 Å². The molecule has 2 aromatic rings. The molecular formula is C11H9N3. The van der Waals surface area contributed by atoms with Gasteiger partial charge in [-0.15, -0.1) is 0 Å². The van der Waals surface area contributed by atoms with Crippen LogP contribution in [0.25, 0.3) is 5.69 Å². The van der Waals surface area contributed by atoms with Gasteiger partial charge in [-0.25, -0.2) is 4.68 Å². The summed E-state index contributed by atoms with van der Waals surface area (Å²) in [6.07, 6.45) is 3.52. The van der Waals surface area contributed by atoms with E-state index in [1.807, 2.05) is 37.4 Å². The molecule has 1 heterocycles. The van der Waals surface area contributed by atoms with E-state index < -0.39 is 0 Å². The van der Waals surface area contributed by atoms with Gasteiger partial charge >= 0.3 is 0 Å². The van der Waals surface area contributed by atoms with Gasteiger partial charge in [0, 0.05) is 12.4 Å². The molecule has 2 rings (SSSR count). The van der Waals surface area contributed by atoms with E-state index in [0.29, 0.717) is 5.56 Å². The van der Waals surface area contributed by atoms with Gasteiger partial charge in [-0.3, -0.25) is 0 Å². The molecule has 68 valence electrons. The Hall–Kier alpha value is -2.08. The summed E-state index contributed by atoms with van der Waals surface area (Å²) in [6, 6.07) is 9.73. The first-order valence-corrected chi connectivity index (χ1v) is 4.32. The molecular weight excluding hydrogens is 174 g/mol. The zero-order valence-corrected chi connectivity index (χ0v) is 7.81. The van der Waals surface area contributed by atoms with Crippen LogP contribution in [-0.4, -0.2) is 9.78 Å². The number of nitriles is 1. The highest BCUT2D eigenvalue weighted by molar-refractivity contribution is 5.49. The Bertz CT molecular complexity index is 478. The van der Waals surface area contributed by atoms with Crippen molar-refractivity contribution in [2.45, 2.75) is 6.92 Å². The number of nitrogens with zero attached hydrogens (tertiary/aromatic N) is 3. The summed E-state index contributed by atoms with van der Waals surface area (Å²) in [7, 11) is 0. The minimum Gasteiger partial charge on any atom is -0.240 e. The molecule has 0 aliphatic carbocycles. The molecule has 0 N–H and O–H groups in total. The second kappa shape index (κ2) is 3.35. The van der Waals surface area contributed by atoms with E-state index in [0.717, 1.165) is 11.3 Å². The van der Waals surface area contributed by atoms with Crippen LogP contribution in [0.1, 0.15) is 11.1 Å². The highest BCUT2D eigenvalue weighted by atomic mass is 15.3. The van der Waals surface area contributed by atoms with Gasteiger partial charge in [-0.1, -0.05) is 6.07 Å². The maximum Gasteiger partial charge on any atom is 0.101 e. The van der Waals surface area contributed by atoms with Crippen LogP contribution in [0.15, 0.2) is 36.7 Å². The predicted molar refractivity (Wildman–Crippen MR) is 53.0 cm³/mol. The standard InChI is InChI=1S/C11H9N3/c1-9-3-4-11(10(7-9)8-12)14-6-2-5-13-14/h2-7H,1H3. The fraction of sp³-hybridized carbons (Fsp3) is 0.0909. The molecule has 0 spiro atoms. The van der Waals surface area contributed by atoms with E-state index in [9.17, 15) is 0 Å². The minimum absolute atomic E-state index is 0.647. The lowest BCUT2D eigenvalue weighted by Gasteiger charge is -2.04. The summed E-state index contributed by atoms with van der Waals surface area (Å²) >= 11 is 0. The first-order chi connectivity index (χ1) is 6.81. The van der Waals surface area contributed by atoms with Crippen LogP contribution < -0.4 is 0 Å². The van der Waals surface area contributed by atoms with Gasteiger partial charge in [0.15, 0.2) is 0 Å². The van der Waals surface area contributed by atoms with Crippen LogP contribution >= 0.6 is 0 Å². The third kappa shape index (κ3) is 1.38. The minimum atomic E-state index is 0.647. The average Bonchev–Trinajstić information content (AvgIpc) is 2.70. The summed E-state index contributed by atoms with van der Waals surface area (Å²) in [4.78, 5) is 0. The maximum absolute atomic E-state index is 8.95. The topological polar surface area (TPSA) is 41.6 Å². The Morgan fingerprint density at radius 3 is 2.93 bits per heavy atom. The van der Waals surface area contributed by atoms with Crippen molar-refractivity contribution in [3.63, 3.8) is 0 Å². The third-order valence-corrected chi connectivity index (χ3v) is 2.02. The van der Waals surface area contributed by atoms with Crippen LogP contribution in [0.3, 0.4) is 0 Å². The van der Waals surface area contributed by atoms with E-state index in [2.05, 4.69) is 11.2 Å². The number of rotatable bonds is 1. The Labute approximate surface area is 82.2 Å². The van der Waals surface area contributed by atoms with E-state index in [1.165, 1.54) is 0 Å². The number of hydrogen-bond donors (Lipinski definition) is 0. The highest BCUT2D eigenvalue weighted by Crippen LogP contribution is 2.14. The molecule has 0 saturated heterocycles. The molecule has 0 aliphatic heterocycles. The molecule has 1 aromatic heterocycles. The van der Waals surface area contributed by atoms with Gasteiger partial charge < -0.3 is 0 Å². The van der Waals surface area contributed by atoms with Crippen molar-refractivity contribution < 1.29 is 0 Å². The summed E-state index contributed by atoms with van der Waals surface area (Å²) < 4.78 is 1.69. The Morgan fingerprint density at radius 1 is 1.43 bits per heavy atom. The number of hydrogen-bond acceptors (Lipinski definition) is 2. The average molecular weight is 183 g/mol. The van der Waals surface area contributed by atoms with Crippen molar-refractivity contribution in [3.8, 4) is 11.8 Å². The number of aromatic nitrogens is 2. The van der Waals surface area contributed by atoms with Crippen LogP contribution in [0.5, 0.6) is 0 Å². The monoisotopic (exact) mass is 183 g/mol. The van der Waals surface area contributed by atoms with Gasteiger partial charge in [0.25, 0.3) is 0 Å². The van der Waals surface area contributed by atoms with E-state index in [4.69, 9.17) is 5.26 Å². The summed E-state index contributed by atoms with van der Waals surface area (Å²) in [5.41, 5.74) is 2.55. The molecule has 3 heteroatoms. The Morgan fingerprint density at radius 2 is 2.29 bits per heavy atom. The fourth-order valence-electron chi connectivity index (χ4n) is 1.35. The van der Waals surface area contributed by atoms with Gasteiger partial charge in [-0.05, 0) is 30.7 Å². The SMILES string of the molecule is Cc1ccc(-n2cccn2)c(C#N)c1. The molecule has 0 atom stereocenters. The molecule has 14 heavy (non-hydrogen) atoms. The zero-order valence-electron chi connectivity index (χ0n) is 7.81. The van der Waals surface area contributed by atoms with Gasteiger partial charge in [0.05, 0.1) is 11.3 Å². The Kier molecular flexibility index (Phi) is 2.04. The lowest BCUT2D eigenvalue weighted by atomic mass is 10.1. The van der Waals surface area contributed by atoms with Crippen molar-refractivity contribution in [2.75, 3.05) is 0 Å². The van der Waals surface area contributed by atoms with Crippen LogP contribution in [0, 0.1) is 18.3 Å². The largest absolute Gasteiger partial charge is 0.240 e. The van der Waals surface area contributed by atoms with Crippen molar-refractivity contribution >= 4 is 0 Å². The van der Waals surface area contributed by atoms with Gasteiger partial charge in [0.2, 0.25) is 0 Å². The lowest BCUT2D eigenvalue weighted by molar-refractivity contribution is 0.877. The smallest absolute Gasteiger partial charge is 0.101 e. The summed E-state index contributed by atoms with van der Waals surface area (Å²) in [6.45, 7) is 1.97. The lowest BCUT2D eigenvalue weighted by Crippen LogP contribution is -1.97. The first kappa shape index (κ1) is 8.52. The molecule has 0 amide bonds. The van der Waals surface area contributed by atoms with Crippen molar-refractivity contribution in [1.29, 1.82) is 5.26 Å². The number of benzene rings is 1. The van der Waals surface area contributed by atoms with Gasteiger partial charge in [0.1, 0.15) is 6.07 Å². The molecule has 0 aliphatic rings. The second-order valence-electron chi connectivity index (χ2n) is 3.08. The quantitative estimate of drug-likeness (QED) is 0.679. The molecule has 0 bridgehead atoms. The third-order valence-electron chi connectivity index (χ3n) is 2.02. The van der Waals surface area contributed by atoms with E-state index >= 15 is 0 Å². The van der Waals surface area contributed by atoms with E-state index in [-0.39, 0.29) is 0 Å². The fourth-order valence-corrected chi connectivity index (χ4v) is 1.35. The zero-order chi connectivity index (χ0) is 9.97. The molecule has 0 unspecified atom stereocenters. The Balaban J connectivity index is 2.60. The van der Waals surface area contributed by atoms with Crippen LogP contribution in [0.4, 0.5) is 0 Å². The van der Waals surface area contributed by atoms with E-state index in [1.54, 1.807) is 10.9 Å². The first-order valence-electron chi connectivity index (χ1n) is 4.32. The maximum atomic E-state index is 8.95. The molecule has 3 nitrogen and oxygen atoms in total. The molecule has 0 fully saturated rings. The normalized spacial score (nSPS) is 9.71. The highest BCUT2D eigenvalue weighted by Gasteiger charge is 2.03. The van der Waals surface area contributed by atoms with Crippen LogP contribution in [-0.2, 0) is 0 Å². The summed E-state index contributed by atoms with van der Waals surface area (Å²) in [5, 5.41) is 13.0. The predicted octanol–water partition coefficient (Wildman–Crippen LogP) is 2.05. The number of aryl methyl sites for hydroxylation is 1. The van der Waals surface area contributed by atoms with Crippen molar-refractivity contribution in [3.05, 3.63) is 47.8 Å². The van der Waals surface area contributed by atoms with Gasteiger partial charge in [-0.2, -0.15) is 10.4 Å². The van der Waals surface area contributed by atoms with Crippen LogP contribution in [0.2, 0.25) is 0 Å².